The van der Waals surface area contributed by atoms with E-state index in [1.807, 2.05) is 31.2 Å². The van der Waals surface area contributed by atoms with Gasteiger partial charge in [-0.1, -0.05) is 31.2 Å². The second kappa shape index (κ2) is 5.48. The maximum atomic E-state index is 12.8. The van der Waals surface area contributed by atoms with Crippen molar-refractivity contribution in [2.75, 3.05) is 19.6 Å². The zero-order valence-electron chi connectivity index (χ0n) is 12.1. The number of hydrogen-bond acceptors (Lipinski definition) is 3. The number of fused-ring (bicyclic) bond motifs is 1. The summed E-state index contributed by atoms with van der Waals surface area (Å²) in [7, 11) is 0. The van der Waals surface area contributed by atoms with Gasteiger partial charge in [0.25, 0.3) is 0 Å². The van der Waals surface area contributed by atoms with E-state index in [9.17, 15) is 14.7 Å². The van der Waals surface area contributed by atoms with Crippen molar-refractivity contribution in [1.29, 1.82) is 0 Å². The van der Waals surface area contributed by atoms with Crippen molar-refractivity contribution in [1.82, 2.24) is 10.2 Å². The number of nitrogens with one attached hydrogen (secondary N) is 1. The molecule has 1 unspecified atom stereocenters. The van der Waals surface area contributed by atoms with Crippen LogP contribution < -0.4 is 5.32 Å². The molecule has 5 heteroatoms. The van der Waals surface area contributed by atoms with Gasteiger partial charge < -0.3 is 15.3 Å². The first kappa shape index (κ1) is 14.1. The van der Waals surface area contributed by atoms with E-state index in [1.54, 1.807) is 4.90 Å². The van der Waals surface area contributed by atoms with Crippen molar-refractivity contribution in [3.05, 3.63) is 35.4 Å². The van der Waals surface area contributed by atoms with Gasteiger partial charge in [0.2, 0.25) is 5.91 Å². The summed E-state index contributed by atoms with van der Waals surface area (Å²) in [5.74, 6) is -1.39. The minimum Gasteiger partial charge on any atom is -0.481 e. The van der Waals surface area contributed by atoms with Crippen LogP contribution in [-0.4, -0.2) is 41.5 Å². The molecular weight excluding hydrogens is 268 g/mol. The number of hydrogen-bond donors (Lipinski definition) is 2. The third-order valence-corrected chi connectivity index (χ3v) is 4.63. The monoisotopic (exact) mass is 288 g/mol. The molecule has 2 N–H and O–H groups in total. The fourth-order valence-corrected chi connectivity index (χ4v) is 3.41. The SMILES string of the molecule is C[C@@H]1CN(C(=O)C2CNCc3ccccc32)C[C@H]1C(=O)O. The van der Waals surface area contributed by atoms with Gasteiger partial charge in [0.05, 0.1) is 11.8 Å². The van der Waals surface area contributed by atoms with Crippen LogP contribution in [-0.2, 0) is 16.1 Å². The van der Waals surface area contributed by atoms with E-state index in [4.69, 9.17) is 0 Å². The third kappa shape index (κ3) is 2.53. The Balaban J connectivity index is 1.80. The number of carbonyl (C=O) groups is 2. The molecule has 1 amide bonds. The summed E-state index contributed by atoms with van der Waals surface area (Å²) in [5.41, 5.74) is 2.23. The van der Waals surface area contributed by atoms with Gasteiger partial charge in [-0.15, -0.1) is 0 Å². The summed E-state index contributed by atoms with van der Waals surface area (Å²) in [6, 6.07) is 7.98. The van der Waals surface area contributed by atoms with Crippen LogP contribution in [0.2, 0.25) is 0 Å². The van der Waals surface area contributed by atoms with Crippen LogP contribution in [0.4, 0.5) is 0 Å². The Kier molecular flexibility index (Phi) is 3.68. The average Bonchev–Trinajstić information content (AvgIpc) is 2.88. The number of amides is 1. The van der Waals surface area contributed by atoms with Crippen LogP contribution in [0.15, 0.2) is 24.3 Å². The van der Waals surface area contributed by atoms with Crippen molar-refractivity contribution >= 4 is 11.9 Å². The Bertz CT molecular complexity index is 572. The zero-order chi connectivity index (χ0) is 15.0. The van der Waals surface area contributed by atoms with E-state index in [-0.39, 0.29) is 17.7 Å². The summed E-state index contributed by atoms with van der Waals surface area (Å²) in [6.45, 7) is 4.17. The molecule has 112 valence electrons. The molecule has 3 rings (SSSR count). The lowest BCUT2D eigenvalue weighted by molar-refractivity contribution is -0.142. The fourth-order valence-electron chi connectivity index (χ4n) is 3.41. The largest absolute Gasteiger partial charge is 0.481 e. The van der Waals surface area contributed by atoms with Crippen molar-refractivity contribution < 1.29 is 14.7 Å². The Labute approximate surface area is 123 Å². The Morgan fingerprint density at radius 2 is 2.05 bits per heavy atom. The highest BCUT2D eigenvalue weighted by Gasteiger charge is 2.39. The summed E-state index contributed by atoms with van der Waals surface area (Å²) < 4.78 is 0. The molecule has 0 bridgehead atoms. The highest BCUT2D eigenvalue weighted by Crippen LogP contribution is 2.30. The molecular formula is C16H20N2O3. The highest BCUT2D eigenvalue weighted by atomic mass is 16.4. The van der Waals surface area contributed by atoms with Crippen molar-refractivity contribution in [3.8, 4) is 0 Å². The van der Waals surface area contributed by atoms with E-state index >= 15 is 0 Å². The van der Waals surface area contributed by atoms with Gasteiger partial charge in [-0.2, -0.15) is 0 Å². The predicted octanol–water partition coefficient (Wildman–Crippen LogP) is 1.05. The highest BCUT2D eigenvalue weighted by molar-refractivity contribution is 5.86. The van der Waals surface area contributed by atoms with Crippen LogP contribution in [0, 0.1) is 11.8 Å². The lowest BCUT2D eigenvalue weighted by atomic mass is 9.90. The van der Waals surface area contributed by atoms with Gasteiger partial charge in [0.15, 0.2) is 0 Å². The second-order valence-electron chi connectivity index (χ2n) is 6.05. The topological polar surface area (TPSA) is 69.6 Å². The molecule has 0 aliphatic carbocycles. The van der Waals surface area contributed by atoms with Gasteiger partial charge in [-0.05, 0) is 17.0 Å². The number of carboxylic acid groups (broad SMARTS) is 1. The van der Waals surface area contributed by atoms with E-state index in [0.717, 1.165) is 17.7 Å². The molecule has 1 fully saturated rings. The average molecular weight is 288 g/mol. The molecule has 0 saturated carbocycles. The van der Waals surface area contributed by atoms with Crippen LogP contribution in [0.1, 0.15) is 24.0 Å². The second-order valence-corrected chi connectivity index (χ2v) is 6.05. The van der Waals surface area contributed by atoms with Crippen LogP contribution in [0.5, 0.6) is 0 Å². The summed E-state index contributed by atoms with van der Waals surface area (Å²) >= 11 is 0. The maximum Gasteiger partial charge on any atom is 0.308 e. The number of carboxylic acids is 1. The molecule has 2 aliphatic rings. The minimum absolute atomic E-state index is 0.0123. The summed E-state index contributed by atoms with van der Waals surface area (Å²) in [6.07, 6.45) is 0. The first-order chi connectivity index (χ1) is 10.1. The smallest absolute Gasteiger partial charge is 0.308 e. The quantitative estimate of drug-likeness (QED) is 0.853. The molecule has 2 heterocycles. The lowest BCUT2D eigenvalue weighted by Crippen LogP contribution is -2.41. The van der Waals surface area contributed by atoms with E-state index < -0.39 is 11.9 Å². The minimum atomic E-state index is -0.806. The number of aliphatic carboxylic acids is 1. The van der Waals surface area contributed by atoms with Crippen LogP contribution in [0.3, 0.4) is 0 Å². The number of rotatable bonds is 2. The Morgan fingerprint density at radius 3 is 2.76 bits per heavy atom. The first-order valence-corrected chi connectivity index (χ1v) is 7.38. The molecule has 21 heavy (non-hydrogen) atoms. The summed E-state index contributed by atoms with van der Waals surface area (Å²) in [5, 5.41) is 12.5. The predicted molar refractivity (Wildman–Crippen MR) is 77.8 cm³/mol. The van der Waals surface area contributed by atoms with E-state index in [1.165, 1.54) is 0 Å². The van der Waals surface area contributed by atoms with Gasteiger partial charge in [0, 0.05) is 26.2 Å². The van der Waals surface area contributed by atoms with Gasteiger partial charge in [-0.25, -0.2) is 0 Å². The maximum absolute atomic E-state index is 12.8. The number of benzene rings is 1. The van der Waals surface area contributed by atoms with Crippen molar-refractivity contribution in [3.63, 3.8) is 0 Å². The molecule has 1 aromatic rings. The van der Waals surface area contributed by atoms with Gasteiger partial charge >= 0.3 is 5.97 Å². The standard InChI is InChI=1S/C16H20N2O3/c1-10-8-18(9-14(10)16(20)21)15(19)13-7-17-6-11-4-2-3-5-12(11)13/h2-5,10,13-14,17H,6-9H2,1H3,(H,20,21)/t10-,13?,14-/m1/s1. The molecule has 0 spiro atoms. The van der Waals surface area contributed by atoms with Gasteiger partial charge in [-0.3, -0.25) is 9.59 Å². The van der Waals surface area contributed by atoms with Gasteiger partial charge in [0.1, 0.15) is 0 Å². The Morgan fingerprint density at radius 1 is 1.29 bits per heavy atom. The molecule has 1 saturated heterocycles. The first-order valence-electron chi connectivity index (χ1n) is 7.38. The van der Waals surface area contributed by atoms with Crippen LogP contribution >= 0.6 is 0 Å². The third-order valence-electron chi connectivity index (χ3n) is 4.63. The van der Waals surface area contributed by atoms with E-state index in [2.05, 4.69) is 5.32 Å². The number of likely N-dealkylation sites (tertiary alicyclic amines) is 1. The zero-order valence-corrected chi connectivity index (χ0v) is 12.1. The normalized spacial score (nSPS) is 28.2. The molecule has 5 nitrogen and oxygen atoms in total. The number of carbonyl (C=O) groups excluding carboxylic acids is 1. The van der Waals surface area contributed by atoms with E-state index in [0.29, 0.717) is 19.6 Å². The molecule has 0 radical (unpaired) electrons. The lowest BCUT2D eigenvalue weighted by Gasteiger charge is -2.29. The summed E-state index contributed by atoms with van der Waals surface area (Å²) in [4.78, 5) is 25.7. The van der Waals surface area contributed by atoms with Crippen molar-refractivity contribution in [2.45, 2.75) is 19.4 Å². The molecule has 2 aliphatic heterocycles. The Hall–Kier alpha value is -1.88. The molecule has 3 atom stereocenters. The fraction of sp³-hybridized carbons (Fsp3) is 0.500. The van der Waals surface area contributed by atoms with Crippen LogP contribution in [0.25, 0.3) is 0 Å². The van der Waals surface area contributed by atoms with Crippen molar-refractivity contribution in [2.24, 2.45) is 11.8 Å². The number of nitrogens with zero attached hydrogens (tertiary/aromatic N) is 1. The molecule has 0 aromatic heterocycles. The molecule has 1 aromatic carbocycles.